The molecule has 9 heteroatoms. The first kappa shape index (κ1) is 19.4. The highest BCUT2D eigenvalue weighted by Crippen LogP contribution is 2.36. The number of aromatic nitrogens is 3. The minimum atomic E-state index is -2.75. The number of ether oxygens (including phenoxy) is 1. The molecule has 1 aliphatic rings. The van der Waals surface area contributed by atoms with Crippen LogP contribution in [0.2, 0.25) is 0 Å². The molecule has 2 aromatic heterocycles. The molecule has 1 atom stereocenters. The zero-order valence-corrected chi connectivity index (χ0v) is 16.1. The fourth-order valence-corrected chi connectivity index (χ4v) is 3.84. The van der Waals surface area contributed by atoms with Gasteiger partial charge in [-0.3, -0.25) is 0 Å². The van der Waals surface area contributed by atoms with E-state index in [0.29, 0.717) is 18.3 Å². The first-order valence-electron chi connectivity index (χ1n) is 8.82. The summed E-state index contributed by atoms with van der Waals surface area (Å²) in [5.74, 6) is 0.791. The first-order chi connectivity index (χ1) is 12.4. The lowest BCUT2D eigenvalue weighted by molar-refractivity contribution is -0.129. The number of aliphatic hydroxyl groups is 1. The molecule has 0 aromatic carbocycles. The maximum Gasteiger partial charge on any atom is 0.345 e. The van der Waals surface area contributed by atoms with E-state index in [9.17, 15) is 13.9 Å². The van der Waals surface area contributed by atoms with E-state index in [0.717, 1.165) is 41.4 Å². The van der Waals surface area contributed by atoms with Crippen molar-refractivity contribution in [1.29, 1.82) is 0 Å². The van der Waals surface area contributed by atoms with Crippen LogP contribution in [0.5, 0.6) is 0 Å². The summed E-state index contributed by atoms with van der Waals surface area (Å²) in [4.78, 5) is 4.32. The lowest BCUT2D eigenvalue weighted by Gasteiger charge is -2.25. The van der Waals surface area contributed by atoms with Gasteiger partial charge < -0.3 is 15.2 Å². The second-order valence-electron chi connectivity index (χ2n) is 6.77. The molecule has 1 aliphatic carbocycles. The van der Waals surface area contributed by atoms with Gasteiger partial charge in [0.1, 0.15) is 0 Å². The molecule has 1 unspecified atom stereocenters. The van der Waals surface area contributed by atoms with Crippen molar-refractivity contribution in [1.82, 2.24) is 14.6 Å². The predicted molar refractivity (Wildman–Crippen MR) is 97.6 cm³/mol. The molecule has 0 spiro atoms. The van der Waals surface area contributed by atoms with Crippen LogP contribution in [0.15, 0.2) is 16.7 Å². The molecular formula is C17H23BrF2N4O2. The van der Waals surface area contributed by atoms with Gasteiger partial charge in [-0.2, -0.15) is 8.78 Å². The maximum absolute atomic E-state index is 12.0. The van der Waals surface area contributed by atoms with Gasteiger partial charge in [-0.25, -0.2) is 9.50 Å². The Morgan fingerprint density at radius 3 is 2.81 bits per heavy atom. The van der Waals surface area contributed by atoms with Gasteiger partial charge in [0.05, 0.1) is 24.4 Å². The van der Waals surface area contributed by atoms with E-state index in [1.165, 1.54) is 0 Å². The third kappa shape index (κ3) is 4.69. The number of hydrogen-bond acceptors (Lipinski definition) is 5. The Bertz CT molecular complexity index is 735. The average Bonchev–Trinajstić information content (AvgIpc) is 2.91. The summed E-state index contributed by atoms with van der Waals surface area (Å²) >= 11 is 3.56. The predicted octanol–water partition coefficient (Wildman–Crippen LogP) is 3.94. The topological polar surface area (TPSA) is 71.7 Å². The number of halogens is 3. The molecular weight excluding hydrogens is 410 g/mol. The number of anilines is 1. The number of nitrogens with one attached hydrogen (secondary N) is 1. The lowest BCUT2D eigenvalue weighted by Crippen LogP contribution is -2.21. The monoisotopic (exact) mass is 432 g/mol. The van der Waals surface area contributed by atoms with Crippen LogP contribution >= 0.6 is 15.9 Å². The fraction of sp³-hybridized carbons (Fsp3) is 0.647. The summed E-state index contributed by atoms with van der Waals surface area (Å²) in [5.41, 5.74) is 1.98. The Kier molecular flexibility index (Phi) is 6.42. The molecule has 2 aromatic rings. The molecule has 2 N–H and O–H groups in total. The van der Waals surface area contributed by atoms with Crippen molar-refractivity contribution in [2.45, 2.75) is 63.7 Å². The van der Waals surface area contributed by atoms with Crippen molar-refractivity contribution in [3.63, 3.8) is 0 Å². The Morgan fingerprint density at radius 2 is 2.12 bits per heavy atom. The zero-order valence-electron chi connectivity index (χ0n) is 14.5. The zero-order chi connectivity index (χ0) is 18.7. The molecule has 1 saturated carbocycles. The summed E-state index contributed by atoms with van der Waals surface area (Å²) in [6, 6.07) is 1.97. The molecule has 3 rings (SSSR count). The molecule has 0 bridgehead atoms. The van der Waals surface area contributed by atoms with Crippen LogP contribution in [0.4, 0.5) is 14.7 Å². The van der Waals surface area contributed by atoms with E-state index < -0.39 is 6.61 Å². The molecule has 144 valence electrons. The summed E-state index contributed by atoms with van der Waals surface area (Å²) in [6.45, 7) is -0.903. The van der Waals surface area contributed by atoms with E-state index in [1.807, 2.05) is 11.4 Å². The lowest BCUT2D eigenvalue weighted by atomic mass is 9.85. The van der Waals surface area contributed by atoms with E-state index >= 15 is 0 Å². The van der Waals surface area contributed by atoms with Crippen molar-refractivity contribution in [3.05, 3.63) is 22.4 Å². The quantitative estimate of drug-likeness (QED) is 0.692. The van der Waals surface area contributed by atoms with Crippen molar-refractivity contribution in [2.75, 3.05) is 11.9 Å². The molecule has 0 amide bonds. The van der Waals surface area contributed by atoms with Crippen molar-refractivity contribution in [2.24, 2.45) is 0 Å². The molecule has 0 aliphatic heterocycles. The molecule has 26 heavy (non-hydrogen) atoms. The van der Waals surface area contributed by atoms with Crippen molar-refractivity contribution >= 4 is 27.4 Å². The summed E-state index contributed by atoms with van der Waals surface area (Å²) in [7, 11) is 0. The van der Waals surface area contributed by atoms with Gasteiger partial charge in [-0.1, -0.05) is 0 Å². The highest BCUT2D eigenvalue weighted by molar-refractivity contribution is 9.10. The van der Waals surface area contributed by atoms with Gasteiger partial charge >= 0.3 is 6.61 Å². The summed E-state index contributed by atoms with van der Waals surface area (Å²) in [5, 5.41) is 17.4. The normalized spacial score (nSPS) is 22.1. The minimum Gasteiger partial charge on any atom is -0.393 e. The Morgan fingerprint density at radius 1 is 1.38 bits per heavy atom. The number of hydrogen-bond donors (Lipinski definition) is 2. The summed E-state index contributed by atoms with van der Waals surface area (Å²) in [6.07, 6.45) is 5.41. The van der Waals surface area contributed by atoms with Crippen LogP contribution in [-0.2, 0) is 4.74 Å². The number of aliphatic hydroxyl groups excluding tert-OH is 1. The highest BCUT2D eigenvalue weighted by Gasteiger charge is 2.24. The van der Waals surface area contributed by atoms with Gasteiger partial charge in [0, 0.05) is 22.1 Å². The van der Waals surface area contributed by atoms with Crippen LogP contribution < -0.4 is 5.32 Å². The molecule has 0 saturated heterocycles. The largest absolute Gasteiger partial charge is 0.393 e. The third-order valence-electron chi connectivity index (χ3n) is 4.78. The number of nitrogens with zero attached hydrogens (tertiary/aromatic N) is 3. The van der Waals surface area contributed by atoms with Crippen LogP contribution in [0, 0.1) is 0 Å². The first-order valence-corrected chi connectivity index (χ1v) is 9.62. The van der Waals surface area contributed by atoms with Gasteiger partial charge in [-0.05, 0) is 61.0 Å². The fourth-order valence-electron chi connectivity index (χ4n) is 3.33. The molecule has 6 nitrogen and oxygen atoms in total. The summed E-state index contributed by atoms with van der Waals surface area (Å²) < 4.78 is 31.2. The Balaban J connectivity index is 1.73. The minimum absolute atomic E-state index is 0.0290. The number of alkyl halides is 2. The van der Waals surface area contributed by atoms with Crippen molar-refractivity contribution < 1.29 is 18.6 Å². The van der Waals surface area contributed by atoms with Crippen molar-refractivity contribution in [3.8, 4) is 0 Å². The van der Waals surface area contributed by atoms with Gasteiger partial charge in [0.25, 0.3) is 0 Å². The van der Waals surface area contributed by atoms with E-state index in [4.69, 9.17) is 0 Å². The van der Waals surface area contributed by atoms with Gasteiger partial charge in [-0.15, -0.1) is 5.10 Å². The molecule has 2 heterocycles. The SMILES string of the molecule is CC(CCOC(F)F)Nc1ncc2c(Br)cc(C3CCC(O)CC3)n2n1. The van der Waals surface area contributed by atoms with Gasteiger partial charge in [0.15, 0.2) is 0 Å². The van der Waals surface area contributed by atoms with Crippen LogP contribution in [-0.4, -0.2) is 45.1 Å². The maximum atomic E-state index is 12.0. The van der Waals surface area contributed by atoms with Crippen LogP contribution in [0.25, 0.3) is 5.52 Å². The Hall–Kier alpha value is -1.32. The average molecular weight is 433 g/mol. The molecule has 1 fully saturated rings. The second-order valence-corrected chi connectivity index (χ2v) is 7.62. The van der Waals surface area contributed by atoms with Crippen LogP contribution in [0.1, 0.15) is 50.6 Å². The molecule has 0 radical (unpaired) electrons. The standard InChI is InChI=1S/C17H23BrF2N4O2/c1-10(6-7-26-16(19)20)22-17-21-9-15-13(18)8-14(24(15)23-17)11-2-4-12(25)5-3-11/h8-12,16,25H,2-7H2,1H3,(H,22,23). The third-order valence-corrected chi connectivity index (χ3v) is 5.42. The van der Waals surface area contributed by atoms with E-state index in [-0.39, 0.29) is 18.8 Å². The highest BCUT2D eigenvalue weighted by atomic mass is 79.9. The Labute approximate surface area is 159 Å². The van der Waals surface area contributed by atoms with Crippen LogP contribution in [0.3, 0.4) is 0 Å². The van der Waals surface area contributed by atoms with E-state index in [1.54, 1.807) is 6.20 Å². The number of fused-ring (bicyclic) bond motifs is 1. The van der Waals surface area contributed by atoms with E-state index in [2.05, 4.69) is 42.1 Å². The smallest absolute Gasteiger partial charge is 0.345 e. The second kappa shape index (κ2) is 8.58. The number of rotatable bonds is 7. The van der Waals surface area contributed by atoms with Gasteiger partial charge in [0.2, 0.25) is 5.95 Å².